The van der Waals surface area contributed by atoms with Crippen molar-refractivity contribution < 1.29 is 9.90 Å². The van der Waals surface area contributed by atoms with Crippen molar-refractivity contribution in [3.63, 3.8) is 0 Å². The molecule has 1 aromatic carbocycles. The van der Waals surface area contributed by atoms with Crippen molar-refractivity contribution >= 4 is 39.3 Å². The van der Waals surface area contributed by atoms with Crippen molar-refractivity contribution in [1.29, 1.82) is 0 Å². The zero-order valence-electron chi connectivity index (χ0n) is 11.0. The molecule has 1 heterocycles. The lowest BCUT2D eigenvalue weighted by Gasteiger charge is -2.01. The summed E-state index contributed by atoms with van der Waals surface area (Å²) < 4.78 is 1.09. The van der Waals surface area contributed by atoms with Gasteiger partial charge in [-0.2, -0.15) is 11.8 Å². The Morgan fingerprint density at radius 2 is 2.26 bits per heavy atom. The molecular weight excluding hydrogens is 278 g/mol. The van der Waals surface area contributed by atoms with E-state index in [9.17, 15) is 4.79 Å². The standard InChI is InChI=1S/C14H17NO2S2/c1-9(2)18-6-5-13-15-11-4-3-10(8-14(16)17)7-12(11)19-13/h3-4,7,9H,5-6,8H2,1-2H3,(H,16,17). The molecule has 0 atom stereocenters. The molecule has 2 aromatic rings. The quantitative estimate of drug-likeness (QED) is 0.884. The van der Waals surface area contributed by atoms with Crippen molar-refractivity contribution in [2.45, 2.75) is 31.9 Å². The number of nitrogens with zero attached hydrogens (tertiary/aromatic N) is 1. The minimum atomic E-state index is -0.794. The van der Waals surface area contributed by atoms with E-state index < -0.39 is 5.97 Å². The topological polar surface area (TPSA) is 50.2 Å². The molecule has 0 fully saturated rings. The number of benzene rings is 1. The molecule has 19 heavy (non-hydrogen) atoms. The minimum absolute atomic E-state index is 0.0758. The predicted molar refractivity (Wildman–Crippen MR) is 82.3 cm³/mol. The second-order valence-corrected chi connectivity index (χ2v) is 7.45. The molecule has 1 N–H and O–H groups in total. The monoisotopic (exact) mass is 295 g/mol. The lowest BCUT2D eigenvalue weighted by atomic mass is 10.1. The van der Waals surface area contributed by atoms with E-state index in [1.165, 1.54) is 0 Å². The van der Waals surface area contributed by atoms with Gasteiger partial charge in [0.25, 0.3) is 0 Å². The highest BCUT2D eigenvalue weighted by Crippen LogP contribution is 2.25. The summed E-state index contributed by atoms with van der Waals surface area (Å²) in [5.74, 6) is 0.289. The zero-order valence-corrected chi connectivity index (χ0v) is 12.7. The fraction of sp³-hybridized carbons (Fsp3) is 0.429. The highest BCUT2D eigenvalue weighted by atomic mass is 32.2. The van der Waals surface area contributed by atoms with Gasteiger partial charge in [-0.1, -0.05) is 19.9 Å². The SMILES string of the molecule is CC(C)SCCc1nc2ccc(CC(=O)O)cc2s1. The first-order chi connectivity index (χ1) is 9.04. The first kappa shape index (κ1) is 14.3. The van der Waals surface area contributed by atoms with Crippen LogP contribution in [0, 0.1) is 0 Å². The van der Waals surface area contributed by atoms with Crippen molar-refractivity contribution in [3.05, 3.63) is 28.8 Å². The van der Waals surface area contributed by atoms with Gasteiger partial charge in [-0.3, -0.25) is 4.79 Å². The Balaban J connectivity index is 2.09. The number of aliphatic carboxylic acids is 1. The maximum atomic E-state index is 10.7. The van der Waals surface area contributed by atoms with Crippen molar-refractivity contribution in [2.24, 2.45) is 0 Å². The van der Waals surface area contributed by atoms with Crippen molar-refractivity contribution in [3.8, 4) is 0 Å². The normalized spacial score (nSPS) is 11.3. The number of hydrogen-bond donors (Lipinski definition) is 1. The average Bonchev–Trinajstić information content (AvgIpc) is 2.69. The Hall–Kier alpha value is -1.07. The number of fused-ring (bicyclic) bond motifs is 1. The van der Waals surface area contributed by atoms with E-state index in [0.29, 0.717) is 5.25 Å². The first-order valence-corrected chi connectivity index (χ1v) is 8.13. The summed E-state index contributed by atoms with van der Waals surface area (Å²) in [6.45, 7) is 4.39. The molecule has 0 bridgehead atoms. The molecule has 0 saturated heterocycles. The Labute approximate surface area is 121 Å². The number of thioether (sulfide) groups is 1. The molecule has 0 aliphatic heterocycles. The number of aryl methyl sites for hydroxylation is 1. The molecule has 0 amide bonds. The molecule has 2 rings (SSSR count). The summed E-state index contributed by atoms with van der Waals surface area (Å²) in [5.41, 5.74) is 1.82. The Morgan fingerprint density at radius 3 is 2.95 bits per heavy atom. The molecule has 102 valence electrons. The van der Waals surface area contributed by atoms with E-state index in [2.05, 4.69) is 18.8 Å². The largest absolute Gasteiger partial charge is 0.481 e. The second-order valence-electron chi connectivity index (χ2n) is 4.65. The van der Waals surface area contributed by atoms with Crippen LogP contribution in [0.15, 0.2) is 18.2 Å². The van der Waals surface area contributed by atoms with E-state index >= 15 is 0 Å². The van der Waals surface area contributed by atoms with Gasteiger partial charge in [-0.25, -0.2) is 4.98 Å². The predicted octanol–water partition coefficient (Wildman–Crippen LogP) is 3.61. The molecule has 0 unspecified atom stereocenters. The van der Waals surface area contributed by atoms with Gasteiger partial charge in [0.1, 0.15) is 0 Å². The summed E-state index contributed by atoms with van der Waals surface area (Å²) in [6, 6.07) is 5.71. The molecule has 3 nitrogen and oxygen atoms in total. The highest BCUT2D eigenvalue weighted by molar-refractivity contribution is 7.99. The van der Waals surface area contributed by atoms with Crippen LogP contribution < -0.4 is 0 Å². The number of carboxylic acid groups (broad SMARTS) is 1. The molecule has 0 saturated carbocycles. The zero-order chi connectivity index (χ0) is 13.8. The third kappa shape index (κ3) is 4.21. The first-order valence-electron chi connectivity index (χ1n) is 6.26. The summed E-state index contributed by atoms with van der Waals surface area (Å²) in [6.07, 6.45) is 1.06. The molecule has 0 aliphatic rings. The summed E-state index contributed by atoms with van der Waals surface area (Å²) in [7, 11) is 0. The number of hydrogen-bond acceptors (Lipinski definition) is 4. The van der Waals surface area contributed by atoms with Crippen molar-refractivity contribution in [1.82, 2.24) is 4.98 Å². The van der Waals surface area contributed by atoms with Gasteiger partial charge >= 0.3 is 5.97 Å². The highest BCUT2D eigenvalue weighted by Gasteiger charge is 2.07. The fourth-order valence-corrected chi connectivity index (χ4v) is 3.73. The van der Waals surface area contributed by atoms with Gasteiger partial charge in [0, 0.05) is 6.42 Å². The van der Waals surface area contributed by atoms with Gasteiger partial charge in [0.2, 0.25) is 0 Å². The molecule has 5 heteroatoms. The Bertz CT molecular complexity index is 578. The van der Waals surface area contributed by atoms with Crippen LogP contribution in [0.5, 0.6) is 0 Å². The minimum Gasteiger partial charge on any atom is -0.481 e. The lowest BCUT2D eigenvalue weighted by Crippen LogP contribution is -1.99. The van der Waals surface area contributed by atoms with Crippen LogP contribution in [0.4, 0.5) is 0 Å². The maximum Gasteiger partial charge on any atom is 0.307 e. The number of aromatic nitrogens is 1. The number of carboxylic acids is 1. The lowest BCUT2D eigenvalue weighted by molar-refractivity contribution is -0.136. The van der Waals surface area contributed by atoms with E-state index in [1.54, 1.807) is 11.3 Å². The number of rotatable bonds is 6. The van der Waals surface area contributed by atoms with Crippen LogP contribution in [-0.4, -0.2) is 27.1 Å². The third-order valence-corrected chi connectivity index (χ3v) is 4.80. The smallest absolute Gasteiger partial charge is 0.307 e. The van der Waals surface area contributed by atoms with Crippen molar-refractivity contribution in [2.75, 3.05) is 5.75 Å². The summed E-state index contributed by atoms with van der Waals surface area (Å²) in [5, 5.41) is 10.6. The van der Waals surface area contributed by atoms with E-state index in [-0.39, 0.29) is 6.42 Å². The maximum absolute atomic E-state index is 10.7. The van der Waals surface area contributed by atoms with Gasteiger partial charge in [0.15, 0.2) is 0 Å². The van der Waals surface area contributed by atoms with E-state index in [1.807, 2.05) is 30.0 Å². The van der Waals surface area contributed by atoms with Crippen LogP contribution >= 0.6 is 23.1 Å². The van der Waals surface area contributed by atoms with Crippen LogP contribution in [-0.2, 0) is 17.6 Å². The van der Waals surface area contributed by atoms with E-state index in [4.69, 9.17) is 5.11 Å². The Morgan fingerprint density at radius 1 is 1.47 bits per heavy atom. The number of thiazole rings is 1. The third-order valence-electron chi connectivity index (χ3n) is 2.62. The Kier molecular flexibility index (Phi) is 4.82. The molecule has 0 aliphatic carbocycles. The molecule has 0 radical (unpaired) electrons. The summed E-state index contributed by atoms with van der Waals surface area (Å²) in [4.78, 5) is 15.3. The van der Waals surface area contributed by atoms with Gasteiger partial charge in [-0.15, -0.1) is 11.3 Å². The van der Waals surface area contributed by atoms with E-state index in [0.717, 1.165) is 33.0 Å². The fourth-order valence-electron chi connectivity index (χ4n) is 1.79. The van der Waals surface area contributed by atoms with Crippen LogP contribution in [0.3, 0.4) is 0 Å². The summed E-state index contributed by atoms with van der Waals surface area (Å²) >= 11 is 3.61. The van der Waals surface area contributed by atoms with Crippen LogP contribution in [0.25, 0.3) is 10.2 Å². The van der Waals surface area contributed by atoms with Gasteiger partial charge in [-0.05, 0) is 28.7 Å². The second kappa shape index (κ2) is 6.39. The number of carbonyl (C=O) groups is 1. The van der Waals surface area contributed by atoms with Crippen LogP contribution in [0.1, 0.15) is 24.4 Å². The van der Waals surface area contributed by atoms with Crippen LogP contribution in [0.2, 0.25) is 0 Å². The molecular formula is C14H17NO2S2. The average molecular weight is 295 g/mol. The molecule has 0 spiro atoms. The van der Waals surface area contributed by atoms with Gasteiger partial charge < -0.3 is 5.11 Å². The molecule has 1 aromatic heterocycles. The van der Waals surface area contributed by atoms with Gasteiger partial charge in [0.05, 0.1) is 21.6 Å².